The van der Waals surface area contributed by atoms with Crippen molar-refractivity contribution < 1.29 is 9.13 Å². The number of hydrogen-bond donors (Lipinski definition) is 1. The van der Waals surface area contributed by atoms with Gasteiger partial charge in [0.2, 0.25) is 0 Å². The molecule has 2 saturated heterocycles. The van der Waals surface area contributed by atoms with Crippen molar-refractivity contribution in [3.05, 3.63) is 29.8 Å². The maximum atomic E-state index is 15.2. The summed E-state index contributed by atoms with van der Waals surface area (Å²) in [6.45, 7) is 0. The van der Waals surface area contributed by atoms with Crippen molar-refractivity contribution in [2.75, 3.05) is 7.11 Å². The van der Waals surface area contributed by atoms with Gasteiger partial charge < -0.3 is 10.1 Å². The number of alkyl halides is 1. The predicted octanol–water partition coefficient (Wildman–Crippen LogP) is 2.77. The molecular formula is C14H18FNO. The number of hydrogen-bond acceptors (Lipinski definition) is 2. The summed E-state index contributed by atoms with van der Waals surface area (Å²) in [5.74, 6) is 0.677. The first-order chi connectivity index (χ1) is 8.21. The average Bonchev–Trinajstić information content (AvgIpc) is 2.69. The standard InChI is InChI=1S/C14H18FNO/c1-17-13-5-3-2-4-12(13)14(15)8-10-6-7-11(9-14)16-10/h2-5,10-11,16H,6-9H2,1H3. The van der Waals surface area contributed by atoms with Crippen LogP contribution in [0.2, 0.25) is 0 Å². The molecule has 0 aromatic heterocycles. The third kappa shape index (κ3) is 1.82. The number of ether oxygens (including phenoxy) is 1. The number of para-hydroxylation sites is 1. The number of piperidine rings is 1. The van der Waals surface area contributed by atoms with Gasteiger partial charge in [-0.3, -0.25) is 0 Å². The Hall–Kier alpha value is -1.09. The molecule has 3 heteroatoms. The fourth-order valence-electron chi connectivity index (χ4n) is 3.32. The second-order valence-corrected chi connectivity index (χ2v) is 5.21. The summed E-state index contributed by atoms with van der Waals surface area (Å²) < 4.78 is 20.5. The van der Waals surface area contributed by atoms with E-state index < -0.39 is 5.67 Å². The Morgan fingerprint density at radius 1 is 1.24 bits per heavy atom. The van der Waals surface area contributed by atoms with Gasteiger partial charge in [-0.1, -0.05) is 18.2 Å². The molecule has 1 aromatic rings. The van der Waals surface area contributed by atoms with Crippen LogP contribution >= 0.6 is 0 Å². The highest BCUT2D eigenvalue weighted by atomic mass is 19.1. The molecule has 92 valence electrons. The van der Waals surface area contributed by atoms with Crippen molar-refractivity contribution in [3.8, 4) is 5.75 Å². The Morgan fingerprint density at radius 2 is 1.88 bits per heavy atom. The average molecular weight is 235 g/mol. The molecule has 1 N–H and O–H groups in total. The summed E-state index contributed by atoms with van der Waals surface area (Å²) in [5.41, 5.74) is -0.496. The monoisotopic (exact) mass is 235 g/mol. The first-order valence-corrected chi connectivity index (χ1v) is 6.30. The van der Waals surface area contributed by atoms with Gasteiger partial charge in [-0.15, -0.1) is 0 Å². The van der Waals surface area contributed by atoms with E-state index in [1.165, 1.54) is 0 Å². The van der Waals surface area contributed by atoms with E-state index >= 15 is 4.39 Å². The van der Waals surface area contributed by atoms with E-state index in [4.69, 9.17) is 4.74 Å². The van der Waals surface area contributed by atoms with Crippen LogP contribution in [0.5, 0.6) is 5.75 Å². The van der Waals surface area contributed by atoms with Crippen molar-refractivity contribution in [2.24, 2.45) is 0 Å². The van der Waals surface area contributed by atoms with Crippen molar-refractivity contribution in [3.63, 3.8) is 0 Å². The molecule has 2 nitrogen and oxygen atoms in total. The van der Waals surface area contributed by atoms with Crippen molar-refractivity contribution >= 4 is 0 Å². The van der Waals surface area contributed by atoms with Crippen LogP contribution in [0.3, 0.4) is 0 Å². The van der Waals surface area contributed by atoms with Crippen LogP contribution in [0.4, 0.5) is 4.39 Å². The molecule has 2 unspecified atom stereocenters. The maximum Gasteiger partial charge on any atom is 0.142 e. The van der Waals surface area contributed by atoms with Gasteiger partial charge in [-0.2, -0.15) is 0 Å². The molecule has 1 aromatic carbocycles. The lowest BCUT2D eigenvalue weighted by Gasteiger charge is -2.36. The number of methoxy groups -OCH3 is 1. The predicted molar refractivity (Wildman–Crippen MR) is 65.0 cm³/mol. The van der Waals surface area contributed by atoms with E-state index in [1.54, 1.807) is 7.11 Å². The molecule has 17 heavy (non-hydrogen) atoms. The van der Waals surface area contributed by atoms with E-state index in [9.17, 15) is 0 Å². The molecule has 0 aliphatic carbocycles. The van der Waals surface area contributed by atoms with Crippen LogP contribution in [0, 0.1) is 0 Å². The van der Waals surface area contributed by atoms with Gasteiger partial charge in [0.15, 0.2) is 0 Å². The fraction of sp³-hybridized carbons (Fsp3) is 0.571. The van der Waals surface area contributed by atoms with Gasteiger partial charge in [0, 0.05) is 30.5 Å². The molecule has 2 aliphatic rings. The Labute approximate surface area is 101 Å². The second-order valence-electron chi connectivity index (χ2n) is 5.21. The van der Waals surface area contributed by atoms with Crippen LogP contribution in [0.25, 0.3) is 0 Å². The van der Waals surface area contributed by atoms with E-state index in [0.717, 1.165) is 18.4 Å². The molecule has 2 bridgehead atoms. The van der Waals surface area contributed by atoms with E-state index in [0.29, 0.717) is 30.7 Å². The van der Waals surface area contributed by atoms with E-state index in [2.05, 4.69) is 5.32 Å². The highest BCUT2D eigenvalue weighted by Gasteiger charge is 2.46. The lowest BCUT2D eigenvalue weighted by Crippen LogP contribution is -2.44. The van der Waals surface area contributed by atoms with Gasteiger partial charge in [-0.05, 0) is 18.9 Å². The minimum absolute atomic E-state index is 0.337. The zero-order valence-corrected chi connectivity index (χ0v) is 10.1. The summed E-state index contributed by atoms with van der Waals surface area (Å²) >= 11 is 0. The number of nitrogens with one attached hydrogen (secondary N) is 1. The van der Waals surface area contributed by atoms with Crippen molar-refractivity contribution in [2.45, 2.75) is 43.4 Å². The van der Waals surface area contributed by atoms with Crippen LogP contribution in [0.1, 0.15) is 31.2 Å². The van der Waals surface area contributed by atoms with Crippen LogP contribution in [-0.2, 0) is 5.67 Å². The van der Waals surface area contributed by atoms with E-state index in [1.807, 2.05) is 24.3 Å². The largest absolute Gasteiger partial charge is 0.496 e. The molecule has 2 fully saturated rings. The normalized spacial score (nSPS) is 35.9. The van der Waals surface area contributed by atoms with Crippen molar-refractivity contribution in [1.82, 2.24) is 5.32 Å². The van der Waals surface area contributed by atoms with Gasteiger partial charge in [0.25, 0.3) is 0 Å². The number of rotatable bonds is 2. The zero-order valence-electron chi connectivity index (χ0n) is 10.1. The number of benzene rings is 1. The van der Waals surface area contributed by atoms with Gasteiger partial charge in [0.1, 0.15) is 11.4 Å². The topological polar surface area (TPSA) is 21.3 Å². The highest BCUT2D eigenvalue weighted by molar-refractivity contribution is 5.39. The highest BCUT2D eigenvalue weighted by Crippen LogP contribution is 2.46. The Morgan fingerprint density at radius 3 is 2.53 bits per heavy atom. The lowest BCUT2D eigenvalue weighted by atomic mass is 9.82. The van der Waals surface area contributed by atoms with Gasteiger partial charge in [-0.25, -0.2) is 4.39 Å². The third-order valence-electron chi connectivity index (χ3n) is 4.06. The maximum absolute atomic E-state index is 15.2. The van der Waals surface area contributed by atoms with Crippen molar-refractivity contribution in [1.29, 1.82) is 0 Å². The SMILES string of the molecule is COc1ccccc1C1(F)CC2CCC(C1)N2. The molecular weight excluding hydrogens is 217 g/mol. The third-order valence-corrected chi connectivity index (χ3v) is 4.06. The molecule has 0 saturated carbocycles. The Bertz CT molecular complexity index is 408. The first-order valence-electron chi connectivity index (χ1n) is 6.30. The minimum atomic E-state index is -1.22. The lowest BCUT2D eigenvalue weighted by molar-refractivity contribution is 0.0843. The van der Waals surface area contributed by atoms with Crippen LogP contribution in [0.15, 0.2) is 24.3 Å². The summed E-state index contributed by atoms with van der Waals surface area (Å²) in [5, 5.41) is 3.47. The fourth-order valence-corrected chi connectivity index (χ4v) is 3.32. The number of fused-ring (bicyclic) bond motifs is 2. The Balaban J connectivity index is 1.96. The summed E-state index contributed by atoms with van der Waals surface area (Å²) in [4.78, 5) is 0. The molecule has 0 spiro atoms. The molecule has 0 amide bonds. The van der Waals surface area contributed by atoms with Gasteiger partial charge in [0.05, 0.1) is 7.11 Å². The van der Waals surface area contributed by atoms with E-state index in [-0.39, 0.29) is 0 Å². The summed E-state index contributed by atoms with van der Waals surface area (Å²) in [7, 11) is 1.61. The quantitative estimate of drug-likeness (QED) is 0.851. The van der Waals surface area contributed by atoms with Crippen LogP contribution in [-0.4, -0.2) is 19.2 Å². The zero-order chi connectivity index (χ0) is 11.9. The molecule has 2 heterocycles. The van der Waals surface area contributed by atoms with Crippen LogP contribution < -0.4 is 10.1 Å². The molecule has 3 rings (SSSR count). The first kappa shape index (κ1) is 11.0. The molecule has 2 atom stereocenters. The molecule has 0 radical (unpaired) electrons. The smallest absolute Gasteiger partial charge is 0.142 e. The van der Waals surface area contributed by atoms with Gasteiger partial charge >= 0.3 is 0 Å². The summed E-state index contributed by atoms with van der Waals surface area (Å²) in [6.07, 6.45) is 3.35. The Kier molecular flexibility index (Phi) is 2.58. The summed E-state index contributed by atoms with van der Waals surface area (Å²) in [6, 6.07) is 8.17. The second kappa shape index (κ2) is 3.98. The number of halogens is 1. The minimum Gasteiger partial charge on any atom is -0.496 e. The molecule has 2 aliphatic heterocycles.